The molecule has 1 aliphatic carbocycles. The lowest BCUT2D eigenvalue weighted by molar-refractivity contribution is -0.148. The van der Waals surface area contributed by atoms with E-state index in [-0.39, 0.29) is 31.5 Å². The number of hydrogen-bond acceptors (Lipinski definition) is 4. The Morgan fingerprint density at radius 2 is 1.70 bits per heavy atom. The summed E-state index contributed by atoms with van der Waals surface area (Å²) in [6, 6.07) is 16.2. The lowest BCUT2D eigenvalue weighted by Crippen LogP contribution is -2.47. The van der Waals surface area contributed by atoms with E-state index >= 15 is 0 Å². The van der Waals surface area contributed by atoms with Gasteiger partial charge in [-0.15, -0.1) is 0 Å². The molecule has 1 aliphatic heterocycles. The number of nitrogens with zero attached hydrogens (tertiary/aromatic N) is 1. The van der Waals surface area contributed by atoms with Gasteiger partial charge >= 0.3 is 12.1 Å². The Bertz CT molecular complexity index is 928. The van der Waals surface area contributed by atoms with Crippen LogP contribution in [0.4, 0.5) is 4.79 Å². The second-order valence-electron chi connectivity index (χ2n) is 7.70. The van der Waals surface area contributed by atoms with Crippen molar-refractivity contribution in [2.75, 3.05) is 26.2 Å². The maximum absolute atomic E-state index is 12.4. The van der Waals surface area contributed by atoms with Crippen LogP contribution in [0.1, 0.15) is 29.9 Å². The molecule has 2 N–H and O–H groups in total. The highest BCUT2D eigenvalue weighted by Crippen LogP contribution is 2.44. The molecular formula is C23H24N2O5. The summed E-state index contributed by atoms with van der Waals surface area (Å²) in [5.41, 5.74) is 4.60. The summed E-state index contributed by atoms with van der Waals surface area (Å²) in [4.78, 5) is 36.9. The number of alkyl carbamates (subject to hydrolysis) is 1. The normalized spacial score (nSPS) is 17.9. The molecule has 1 saturated heterocycles. The summed E-state index contributed by atoms with van der Waals surface area (Å²) in [5, 5.41) is 11.6. The van der Waals surface area contributed by atoms with Crippen LogP contribution in [0.3, 0.4) is 0 Å². The Hall–Kier alpha value is -3.35. The second-order valence-corrected chi connectivity index (χ2v) is 7.70. The van der Waals surface area contributed by atoms with Gasteiger partial charge in [0.15, 0.2) is 0 Å². The smallest absolute Gasteiger partial charge is 0.407 e. The monoisotopic (exact) mass is 408 g/mol. The van der Waals surface area contributed by atoms with Crippen LogP contribution in [-0.2, 0) is 14.3 Å². The number of piperidine rings is 1. The zero-order valence-corrected chi connectivity index (χ0v) is 16.5. The number of amides is 2. The minimum Gasteiger partial charge on any atom is -0.480 e. The number of rotatable bonds is 6. The van der Waals surface area contributed by atoms with Crippen molar-refractivity contribution >= 4 is 18.0 Å². The molecule has 7 heteroatoms. The first kappa shape index (κ1) is 19.9. The summed E-state index contributed by atoms with van der Waals surface area (Å²) in [6.45, 7) is 0.488. The molecule has 0 saturated carbocycles. The minimum absolute atomic E-state index is 0.0227. The van der Waals surface area contributed by atoms with Crippen LogP contribution in [0.2, 0.25) is 0 Å². The largest absolute Gasteiger partial charge is 0.480 e. The zero-order chi connectivity index (χ0) is 21.1. The first-order chi connectivity index (χ1) is 14.5. The van der Waals surface area contributed by atoms with Gasteiger partial charge in [-0.25, -0.2) is 4.79 Å². The minimum atomic E-state index is -1.03. The molecule has 2 aliphatic rings. The Balaban J connectivity index is 1.33. The number of likely N-dealkylation sites (tertiary alicyclic amines) is 1. The number of hydrogen-bond donors (Lipinski definition) is 2. The fourth-order valence-electron chi connectivity index (χ4n) is 4.39. The number of carbonyl (C=O) groups excluding carboxylic acids is 2. The number of benzene rings is 2. The SMILES string of the molecule is O=C(O)CN1CCCC(CNC(=O)OCC2c3ccccc3-c3ccccc32)C1=O. The van der Waals surface area contributed by atoms with Crippen molar-refractivity contribution in [3.8, 4) is 11.1 Å². The van der Waals surface area contributed by atoms with E-state index in [1.165, 1.54) is 4.90 Å². The number of carboxylic acid groups (broad SMARTS) is 1. The molecule has 0 aromatic heterocycles. The van der Waals surface area contributed by atoms with E-state index in [0.29, 0.717) is 13.0 Å². The lowest BCUT2D eigenvalue weighted by atomic mass is 9.97. The van der Waals surface area contributed by atoms with Gasteiger partial charge in [-0.05, 0) is 35.1 Å². The van der Waals surface area contributed by atoms with Gasteiger partial charge < -0.3 is 20.1 Å². The summed E-state index contributed by atoms with van der Waals surface area (Å²) in [6.07, 6.45) is 0.773. The van der Waals surface area contributed by atoms with Crippen LogP contribution in [0, 0.1) is 5.92 Å². The molecule has 0 radical (unpaired) electrons. The molecule has 30 heavy (non-hydrogen) atoms. The molecule has 2 aromatic carbocycles. The third-order valence-corrected chi connectivity index (χ3v) is 5.80. The quantitative estimate of drug-likeness (QED) is 0.766. The third-order valence-electron chi connectivity index (χ3n) is 5.80. The van der Waals surface area contributed by atoms with Crippen molar-refractivity contribution in [3.63, 3.8) is 0 Å². The fraction of sp³-hybridized carbons (Fsp3) is 0.348. The van der Waals surface area contributed by atoms with Gasteiger partial charge in [0.1, 0.15) is 13.2 Å². The van der Waals surface area contributed by atoms with E-state index in [0.717, 1.165) is 28.7 Å². The van der Waals surface area contributed by atoms with Crippen LogP contribution >= 0.6 is 0 Å². The van der Waals surface area contributed by atoms with Crippen molar-refractivity contribution in [2.45, 2.75) is 18.8 Å². The van der Waals surface area contributed by atoms with Gasteiger partial charge in [0.25, 0.3) is 0 Å². The number of ether oxygens (including phenoxy) is 1. The topological polar surface area (TPSA) is 95.9 Å². The van der Waals surface area contributed by atoms with Crippen molar-refractivity contribution in [1.29, 1.82) is 0 Å². The maximum Gasteiger partial charge on any atom is 0.407 e. The Labute approximate surface area is 174 Å². The molecule has 7 nitrogen and oxygen atoms in total. The van der Waals surface area contributed by atoms with Gasteiger partial charge in [-0.3, -0.25) is 9.59 Å². The number of aliphatic carboxylic acids is 1. The fourth-order valence-corrected chi connectivity index (χ4v) is 4.39. The van der Waals surface area contributed by atoms with Crippen LogP contribution in [0.15, 0.2) is 48.5 Å². The van der Waals surface area contributed by atoms with E-state index < -0.39 is 18.0 Å². The lowest BCUT2D eigenvalue weighted by Gasteiger charge is -2.31. The highest BCUT2D eigenvalue weighted by atomic mass is 16.5. The van der Waals surface area contributed by atoms with E-state index in [4.69, 9.17) is 9.84 Å². The third kappa shape index (κ3) is 4.01. The van der Waals surface area contributed by atoms with Crippen LogP contribution in [-0.4, -0.2) is 54.2 Å². The van der Waals surface area contributed by atoms with Gasteiger partial charge in [0.2, 0.25) is 5.91 Å². The van der Waals surface area contributed by atoms with Crippen molar-refractivity contribution in [3.05, 3.63) is 59.7 Å². The Kier molecular flexibility index (Phi) is 5.70. The summed E-state index contributed by atoms with van der Waals surface area (Å²) in [5.74, 6) is -1.71. The highest BCUT2D eigenvalue weighted by Gasteiger charge is 2.31. The number of carboxylic acids is 1. The van der Waals surface area contributed by atoms with E-state index in [1.54, 1.807) is 0 Å². The average molecular weight is 408 g/mol. The second kappa shape index (κ2) is 8.57. The molecular weight excluding hydrogens is 384 g/mol. The zero-order valence-electron chi connectivity index (χ0n) is 16.5. The molecule has 4 rings (SSSR count). The van der Waals surface area contributed by atoms with E-state index in [9.17, 15) is 14.4 Å². The van der Waals surface area contributed by atoms with Gasteiger partial charge in [-0.1, -0.05) is 48.5 Å². The summed E-state index contributed by atoms with van der Waals surface area (Å²) >= 11 is 0. The summed E-state index contributed by atoms with van der Waals surface area (Å²) in [7, 11) is 0. The average Bonchev–Trinajstić information content (AvgIpc) is 3.06. The predicted octanol–water partition coefficient (Wildman–Crippen LogP) is 2.85. The molecule has 1 unspecified atom stereocenters. The molecule has 2 aromatic rings. The number of carbonyl (C=O) groups is 3. The van der Waals surface area contributed by atoms with E-state index in [2.05, 4.69) is 29.6 Å². The standard InChI is InChI=1S/C23H24N2O5/c26-21(27)13-25-11-5-6-15(22(25)28)12-24-23(29)30-14-20-18-9-3-1-7-16(18)17-8-2-4-10-19(17)20/h1-4,7-10,15,20H,5-6,11-14H2,(H,24,29)(H,26,27). The number of fused-ring (bicyclic) bond motifs is 3. The van der Waals surface area contributed by atoms with E-state index in [1.807, 2.05) is 24.3 Å². The van der Waals surface area contributed by atoms with Crippen molar-refractivity contribution in [1.82, 2.24) is 10.2 Å². The molecule has 1 heterocycles. The van der Waals surface area contributed by atoms with Crippen LogP contribution in [0.25, 0.3) is 11.1 Å². The van der Waals surface area contributed by atoms with Crippen LogP contribution < -0.4 is 5.32 Å². The first-order valence-corrected chi connectivity index (χ1v) is 10.1. The Morgan fingerprint density at radius 1 is 1.07 bits per heavy atom. The van der Waals surface area contributed by atoms with Crippen molar-refractivity contribution < 1.29 is 24.2 Å². The molecule has 0 spiro atoms. The van der Waals surface area contributed by atoms with Gasteiger partial charge in [0.05, 0.1) is 5.92 Å². The first-order valence-electron chi connectivity index (χ1n) is 10.1. The molecule has 1 fully saturated rings. The Morgan fingerprint density at radius 3 is 2.33 bits per heavy atom. The molecule has 2 amide bonds. The molecule has 156 valence electrons. The van der Waals surface area contributed by atoms with Gasteiger partial charge in [-0.2, -0.15) is 0 Å². The van der Waals surface area contributed by atoms with Gasteiger partial charge in [0, 0.05) is 19.0 Å². The predicted molar refractivity (Wildman–Crippen MR) is 110 cm³/mol. The molecule has 0 bridgehead atoms. The summed E-state index contributed by atoms with van der Waals surface area (Å²) < 4.78 is 5.49. The highest BCUT2D eigenvalue weighted by molar-refractivity contribution is 5.84. The number of nitrogens with one attached hydrogen (secondary N) is 1. The molecule has 1 atom stereocenters. The van der Waals surface area contributed by atoms with Crippen LogP contribution in [0.5, 0.6) is 0 Å². The maximum atomic E-state index is 12.4. The van der Waals surface area contributed by atoms with Crippen molar-refractivity contribution in [2.24, 2.45) is 5.92 Å².